The van der Waals surface area contributed by atoms with Crippen molar-refractivity contribution in [2.24, 2.45) is 0 Å². The Morgan fingerprint density at radius 2 is 1.86 bits per heavy atom. The number of phenolic OH excluding ortho intramolecular Hbond substituents is 1. The van der Waals surface area contributed by atoms with Gasteiger partial charge in [-0.1, -0.05) is 17.7 Å². The van der Waals surface area contributed by atoms with Crippen LogP contribution in [0.1, 0.15) is 18.6 Å². The molecule has 8 nitrogen and oxygen atoms in total. The number of benzene rings is 2. The fraction of sp³-hybridized carbons (Fsp3) is 0.308. The highest BCUT2D eigenvalue weighted by molar-refractivity contribution is 6.34. The fourth-order valence-corrected chi connectivity index (χ4v) is 4.89. The number of anilines is 1. The van der Waals surface area contributed by atoms with Gasteiger partial charge in [-0.2, -0.15) is 0 Å². The molecule has 3 heterocycles. The third-order valence-electron chi connectivity index (χ3n) is 6.26. The van der Waals surface area contributed by atoms with Crippen LogP contribution in [0.25, 0.3) is 22.0 Å². The molecule has 1 atom stereocenters. The van der Waals surface area contributed by atoms with Gasteiger partial charge in [-0.3, -0.25) is 4.90 Å². The number of hydrogen-bond acceptors (Lipinski definition) is 8. The molecule has 2 aromatic carbocycles. The van der Waals surface area contributed by atoms with E-state index in [2.05, 4.69) is 32.1 Å². The summed E-state index contributed by atoms with van der Waals surface area (Å²) in [5, 5.41) is 14.1. The van der Waals surface area contributed by atoms with E-state index in [0.29, 0.717) is 49.0 Å². The molecular formula is C26H26ClF2N7O. The summed E-state index contributed by atoms with van der Waals surface area (Å²) in [4.78, 5) is 21.9. The van der Waals surface area contributed by atoms with Crippen LogP contribution in [0.2, 0.25) is 5.02 Å². The predicted molar refractivity (Wildman–Crippen MR) is 138 cm³/mol. The van der Waals surface area contributed by atoms with Crippen molar-refractivity contribution in [3.8, 4) is 16.9 Å². The molecule has 1 aliphatic rings. The quantitative estimate of drug-likeness (QED) is 0.388. The highest BCUT2D eigenvalue weighted by atomic mass is 35.5. The zero-order valence-electron chi connectivity index (χ0n) is 20.4. The van der Waals surface area contributed by atoms with E-state index < -0.39 is 17.4 Å². The molecule has 11 heteroatoms. The summed E-state index contributed by atoms with van der Waals surface area (Å²) in [7, 11) is 1.87. The SMILES string of the molecule is C[C@H]1CN(c2nc(CN(C)Cc3ncccn3)nc3c(F)c(-c4c(O)cccc4F)c(Cl)cc23)CCN1. The number of halogens is 3. The molecule has 192 valence electrons. The van der Waals surface area contributed by atoms with Crippen LogP contribution in [0.3, 0.4) is 0 Å². The van der Waals surface area contributed by atoms with Gasteiger partial charge in [0.2, 0.25) is 0 Å². The minimum atomic E-state index is -0.815. The van der Waals surface area contributed by atoms with E-state index in [9.17, 15) is 9.50 Å². The van der Waals surface area contributed by atoms with E-state index in [4.69, 9.17) is 16.6 Å². The van der Waals surface area contributed by atoms with Crippen molar-refractivity contribution in [1.82, 2.24) is 30.2 Å². The van der Waals surface area contributed by atoms with Gasteiger partial charge < -0.3 is 15.3 Å². The number of phenols is 1. The van der Waals surface area contributed by atoms with Gasteiger partial charge in [-0.05, 0) is 38.2 Å². The molecule has 5 rings (SSSR count). The summed E-state index contributed by atoms with van der Waals surface area (Å²) >= 11 is 6.51. The minimum Gasteiger partial charge on any atom is -0.507 e. The van der Waals surface area contributed by atoms with Crippen molar-refractivity contribution in [3.05, 3.63) is 71.0 Å². The van der Waals surface area contributed by atoms with Gasteiger partial charge in [-0.15, -0.1) is 0 Å². The standard InChI is InChI=1S/C26H26ClF2N7O/c1-15-12-36(10-9-30-15)26-16-11-17(27)22(23-18(28)5-3-6-19(23)37)24(29)25(16)33-21(34-26)14-35(2)13-20-31-7-4-8-32-20/h3-8,11,15,30,37H,9-10,12-14H2,1-2H3/t15-/m0/s1. The molecule has 0 spiro atoms. The molecule has 0 unspecified atom stereocenters. The van der Waals surface area contributed by atoms with Crippen LogP contribution < -0.4 is 10.2 Å². The summed E-state index contributed by atoms with van der Waals surface area (Å²) in [5.74, 6) is -0.427. The van der Waals surface area contributed by atoms with Gasteiger partial charge in [0.15, 0.2) is 5.82 Å². The number of nitrogens with zero attached hydrogens (tertiary/aromatic N) is 6. The van der Waals surface area contributed by atoms with Crippen LogP contribution in [0.4, 0.5) is 14.6 Å². The number of rotatable bonds is 6. The first kappa shape index (κ1) is 25.2. The largest absolute Gasteiger partial charge is 0.507 e. The Balaban J connectivity index is 1.64. The average Bonchev–Trinajstić information content (AvgIpc) is 2.86. The highest BCUT2D eigenvalue weighted by Gasteiger charge is 2.26. The monoisotopic (exact) mass is 525 g/mol. The summed E-state index contributed by atoms with van der Waals surface area (Å²) in [6, 6.07) is 7.28. The Hall–Kier alpha value is -3.47. The fourth-order valence-electron chi connectivity index (χ4n) is 4.60. The predicted octanol–water partition coefficient (Wildman–Crippen LogP) is 4.15. The molecule has 0 radical (unpaired) electrons. The van der Waals surface area contributed by atoms with E-state index in [1.807, 2.05) is 11.9 Å². The van der Waals surface area contributed by atoms with E-state index >= 15 is 4.39 Å². The molecule has 2 N–H and O–H groups in total. The molecule has 4 aromatic rings. The second-order valence-corrected chi connectivity index (χ2v) is 9.59. The van der Waals surface area contributed by atoms with Crippen molar-refractivity contribution in [1.29, 1.82) is 0 Å². The van der Waals surface area contributed by atoms with Crippen LogP contribution in [0.5, 0.6) is 5.75 Å². The van der Waals surface area contributed by atoms with E-state index in [1.165, 1.54) is 12.1 Å². The average molecular weight is 526 g/mol. The van der Waals surface area contributed by atoms with Gasteiger partial charge in [0, 0.05) is 49.0 Å². The number of piperazine rings is 1. The summed E-state index contributed by atoms with van der Waals surface area (Å²) in [5.41, 5.74) is -0.527. The molecule has 37 heavy (non-hydrogen) atoms. The maximum Gasteiger partial charge on any atom is 0.159 e. The molecule has 1 aliphatic heterocycles. The lowest BCUT2D eigenvalue weighted by atomic mass is 10.0. The lowest BCUT2D eigenvalue weighted by Gasteiger charge is -2.33. The van der Waals surface area contributed by atoms with E-state index in [-0.39, 0.29) is 27.7 Å². The number of nitrogens with one attached hydrogen (secondary N) is 1. The van der Waals surface area contributed by atoms with Crippen molar-refractivity contribution in [3.63, 3.8) is 0 Å². The maximum atomic E-state index is 16.1. The Bertz CT molecular complexity index is 1420. The molecule has 1 fully saturated rings. The number of fused-ring (bicyclic) bond motifs is 1. The molecule has 1 saturated heterocycles. The Morgan fingerprint density at radius 1 is 1.11 bits per heavy atom. The van der Waals surface area contributed by atoms with Crippen LogP contribution in [0, 0.1) is 11.6 Å². The van der Waals surface area contributed by atoms with Crippen LogP contribution in [0.15, 0.2) is 42.7 Å². The van der Waals surface area contributed by atoms with Crippen LogP contribution in [-0.4, -0.2) is 62.7 Å². The summed E-state index contributed by atoms with van der Waals surface area (Å²) in [6.45, 7) is 4.87. The maximum absolute atomic E-state index is 16.1. The van der Waals surface area contributed by atoms with Crippen molar-refractivity contribution in [2.45, 2.75) is 26.1 Å². The molecule has 2 aromatic heterocycles. The van der Waals surface area contributed by atoms with Gasteiger partial charge in [-0.25, -0.2) is 28.7 Å². The number of hydrogen-bond donors (Lipinski definition) is 2. The Kier molecular flexibility index (Phi) is 7.14. The first-order chi connectivity index (χ1) is 17.8. The highest BCUT2D eigenvalue weighted by Crippen LogP contribution is 2.42. The Labute approximate surface area is 218 Å². The molecular weight excluding hydrogens is 500 g/mol. The van der Waals surface area contributed by atoms with Crippen LogP contribution in [-0.2, 0) is 13.1 Å². The number of aromatic nitrogens is 4. The van der Waals surface area contributed by atoms with E-state index in [0.717, 1.165) is 12.6 Å². The first-order valence-corrected chi connectivity index (χ1v) is 12.3. The molecule has 0 saturated carbocycles. The van der Waals surface area contributed by atoms with Crippen molar-refractivity contribution < 1.29 is 13.9 Å². The number of aromatic hydroxyl groups is 1. The lowest BCUT2D eigenvalue weighted by molar-refractivity contribution is 0.302. The second kappa shape index (κ2) is 10.5. The normalized spacial score (nSPS) is 16.1. The second-order valence-electron chi connectivity index (χ2n) is 9.18. The van der Waals surface area contributed by atoms with Gasteiger partial charge in [0.25, 0.3) is 0 Å². The van der Waals surface area contributed by atoms with Crippen molar-refractivity contribution >= 4 is 28.3 Å². The smallest absolute Gasteiger partial charge is 0.159 e. The lowest BCUT2D eigenvalue weighted by Crippen LogP contribution is -2.49. The van der Waals surface area contributed by atoms with Gasteiger partial charge >= 0.3 is 0 Å². The molecule has 0 aliphatic carbocycles. The van der Waals surface area contributed by atoms with E-state index in [1.54, 1.807) is 24.5 Å². The first-order valence-electron chi connectivity index (χ1n) is 11.9. The van der Waals surface area contributed by atoms with Gasteiger partial charge in [0.1, 0.15) is 34.6 Å². The third-order valence-corrected chi connectivity index (χ3v) is 6.56. The molecule has 0 bridgehead atoms. The third kappa shape index (κ3) is 5.18. The molecule has 0 amide bonds. The zero-order valence-corrected chi connectivity index (χ0v) is 21.2. The summed E-state index contributed by atoms with van der Waals surface area (Å²) < 4.78 is 30.9. The summed E-state index contributed by atoms with van der Waals surface area (Å²) in [6.07, 6.45) is 3.34. The Morgan fingerprint density at radius 3 is 2.59 bits per heavy atom. The van der Waals surface area contributed by atoms with Crippen molar-refractivity contribution in [2.75, 3.05) is 31.6 Å². The van der Waals surface area contributed by atoms with Crippen LogP contribution >= 0.6 is 11.6 Å². The topological polar surface area (TPSA) is 90.3 Å². The minimum absolute atomic E-state index is 0.0117. The van der Waals surface area contributed by atoms with Gasteiger partial charge in [0.05, 0.1) is 23.7 Å². The zero-order chi connectivity index (χ0) is 26.1.